The first kappa shape index (κ1) is 12.6. The molecule has 4 heteroatoms. The lowest BCUT2D eigenvalue weighted by Crippen LogP contribution is -2.24. The summed E-state index contributed by atoms with van der Waals surface area (Å²) in [5.74, 6) is 2.35. The fraction of sp³-hybridized carbons (Fsp3) is 0.846. The van der Waals surface area contributed by atoms with Crippen molar-refractivity contribution < 1.29 is 4.52 Å². The van der Waals surface area contributed by atoms with Crippen molar-refractivity contribution in [2.75, 3.05) is 13.1 Å². The lowest BCUT2D eigenvalue weighted by atomic mass is 10.0. The van der Waals surface area contributed by atoms with Gasteiger partial charge in [0, 0.05) is 13.0 Å². The normalized spacial score (nSPS) is 18.2. The smallest absolute Gasteiger partial charge is 0.227 e. The average Bonchev–Trinajstić information content (AvgIpc) is 2.59. The van der Waals surface area contributed by atoms with Gasteiger partial charge >= 0.3 is 0 Å². The van der Waals surface area contributed by atoms with Crippen LogP contribution in [0.2, 0.25) is 0 Å². The Morgan fingerprint density at radius 2 is 2.00 bits per heavy atom. The van der Waals surface area contributed by atoms with E-state index in [0.29, 0.717) is 0 Å². The van der Waals surface area contributed by atoms with Crippen LogP contribution in [0.3, 0.4) is 0 Å². The van der Waals surface area contributed by atoms with Crippen molar-refractivity contribution in [2.24, 2.45) is 5.92 Å². The van der Waals surface area contributed by atoms with Crippen LogP contribution >= 0.6 is 0 Å². The Bertz CT molecular complexity index is 316. The lowest BCUT2D eigenvalue weighted by molar-refractivity contribution is 0.367. The number of aryl methyl sites for hydroxylation is 1. The Morgan fingerprint density at radius 3 is 2.65 bits per heavy atom. The molecule has 4 nitrogen and oxygen atoms in total. The average molecular weight is 237 g/mol. The molecule has 0 radical (unpaired) electrons. The topological polar surface area (TPSA) is 51.0 Å². The predicted molar refractivity (Wildman–Crippen MR) is 66.8 cm³/mol. The predicted octanol–water partition coefficient (Wildman–Crippen LogP) is 2.48. The summed E-state index contributed by atoms with van der Waals surface area (Å²) in [6.07, 6.45) is 9.31. The first-order valence-electron chi connectivity index (χ1n) is 6.84. The minimum Gasteiger partial charge on any atom is -0.339 e. The van der Waals surface area contributed by atoms with Crippen molar-refractivity contribution in [1.29, 1.82) is 0 Å². The van der Waals surface area contributed by atoms with Crippen LogP contribution < -0.4 is 5.32 Å². The molecule has 17 heavy (non-hydrogen) atoms. The van der Waals surface area contributed by atoms with Crippen molar-refractivity contribution >= 4 is 0 Å². The molecule has 1 aliphatic rings. The molecule has 1 heterocycles. The van der Waals surface area contributed by atoms with E-state index in [1.54, 1.807) is 0 Å². The molecule has 1 fully saturated rings. The molecular formula is C13H23N3O. The maximum atomic E-state index is 5.08. The van der Waals surface area contributed by atoms with E-state index in [0.717, 1.165) is 37.1 Å². The number of hydrogen-bond donors (Lipinski definition) is 1. The summed E-state index contributed by atoms with van der Waals surface area (Å²) in [5, 5.41) is 7.30. The first-order chi connectivity index (χ1) is 8.34. The molecule has 0 amide bonds. The standard InChI is InChI=1S/C13H23N3O/c1-11-15-13(17-16-11)8-9-14-10-12-6-4-2-3-5-7-12/h12,14H,2-10H2,1H3. The van der Waals surface area contributed by atoms with Crippen LogP contribution in [0, 0.1) is 12.8 Å². The Kier molecular flexibility index (Phi) is 4.98. The summed E-state index contributed by atoms with van der Waals surface area (Å²) in [5.41, 5.74) is 0. The third-order valence-corrected chi connectivity index (χ3v) is 3.49. The van der Waals surface area contributed by atoms with E-state index in [2.05, 4.69) is 15.5 Å². The van der Waals surface area contributed by atoms with Crippen LogP contribution in [0.1, 0.15) is 50.2 Å². The van der Waals surface area contributed by atoms with Crippen LogP contribution in [0.5, 0.6) is 0 Å². The molecule has 1 N–H and O–H groups in total. The highest BCUT2D eigenvalue weighted by atomic mass is 16.5. The van der Waals surface area contributed by atoms with E-state index in [-0.39, 0.29) is 0 Å². The van der Waals surface area contributed by atoms with Crippen molar-refractivity contribution in [3.8, 4) is 0 Å². The number of hydrogen-bond acceptors (Lipinski definition) is 4. The van der Waals surface area contributed by atoms with Crippen LogP contribution in [0.25, 0.3) is 0 Å². The number of aromatic nitrogens is 2. The van der Waals surface area contributed by atoms with Gasteiger partial charge in [-0.05, 0) is 32.2 Å². The van der Waals surface area contributed by atoms with E-state index in [9.17, 15) is 0 Å². The van der Waals surface area contributed by atoms with E-state index >= 15 is 0 Å². The van der Waals surface area contributed by atoms with E-state index in [1.807, 2.05) is 6.92 Å². The maximum absolute atomic E-state index is 5.08. The fourth-order valence-corrected chi connectivity index (χ4v) is 2.51. The molecule has 0 spiro atoms. The second-order valence-electron chi connectivity index (χ2n) is 5.05. The van der Waals surface area contributed by atoms with Gasteiger partial charge in [0.05, 0.1) is 0 Å². The van der Waals surface area contributed by atoms with Crippen molar-refractivity contribution in [1.82, 2.24) is 15.5 Å². The first-order valence-corrected chi connectivity index (χ1v) is 6.84. The zero-order valence-electron chi connectivity index (χ0n) is 10.7. The molecule has 1 saturated carbocycles. The van der Waals surface area contributed by atoms with Gasteiger partial charge in [-0.1, -0.05) is 30.8 Å². The Morgan fingerprint density at radius 1 is 1.24 bits per heavy atom. The molecule has 2 rings (SSSR count). The Hall–Kier alpha value is -0.900. The molecular weight excluding hydrogens is 214 g/mol. The molecule has 0 unspecified atom stereocenters. The van der Waals surface area contributed by atoms with Gasteiger partial charge < -0.3 is 9.84 Å². The monoisotopic (exact) mass is 237 g/mol. The molecule has 1 aliphatic carbocycles. The molecule has 0 saturated heterocycles. The molecule has 0 atom stereocenters. The molecule has 0 aromatic carbocycles. The van der Waals surface area contributed by atoms with Crippen LogP contribution in [-0.4, -0.2) is 23.2 Å². The summed E-state index contributed by atoms with van der Waals surface area (Å²) in [6, 6.07) is 0. The highest BCUT2D eigenvalue weighted by molar-refractivity contribution is 4.83. The third kappa shape index (κ3) is 4.46. The van der Waals surface area contributed by atoms with Crippen molar-refractivity contribution in [3.05, 3.63) is 11.7 Å². The summed E-state index contributed by atoms with van der Waals surface area (Å²) in [6.45, 7) is 3.94. The van der Waals surface area contributed by atoms with Gasteiger partial charge in [-0.25, -0.2) is 0 Å². The molecule has 1 aromatic rings. The Labute approximate surface area is 103 Å². The largest absolute Gasteiger partial charge is 0.339 e. The van der Waals surface area contributed by atoms with Gasteiger partial charge in [0.1, 0.15) is 0 Å². The molecule has 96 valence electrons. The van der Waals surface area contributed by atoms with E-state index in [4.69, 9.17) is 4.52 Å². The van der Waals surface area contributed by atoms with E-state index in [1.165, 1.54) is 38.5 Å². The molecule has 1 aromatic heterocycles. The van der Waals surface area contributed by atoms with Gasteiger partial charge in [-0.2, -0.15) is 4.98 Å². The SMILES string of the molecule is Cc1noc(CCNCC2CCCCCC2)n1. The van der Waals surface area contributed by atoms with Crippen LogP contribution in [0.4, 0.5) is 0 Å². The molecule has 0 bridgehead atoms. The fourth-order valence-electron chi connectivity index (χ4n) is 2.51. The van der Waals surface area contributed by atoms with Crippen molar-refractivity contribution in [3.63, 3.8) is 0 Å². The van der Waals surface area contributed by atoms with Gasteiger partial charge in [0.15, 0.2) is 5.82 Å². The van der Waals surface area contributed by atoms with Crippen molar-refractivity contribution in [2.45, 2.75) is 51.9 Å². The number of nitrogens with zero attached hydrogens (tertiary/aromatic N) is 2. The summed E-state index contributed by atoms with van der Waals surface area (Å²) < 4.78 is 5.08. The molecule has 0 aliphatic heterocycles. The lowest BCUT2D eigenvalue weighted by Gasteiger charge is -2.14. The van der Waals surface area contributed by atoms with Gasteiger partial charge in [-0.3, -0.25) is 0 Å². The van der Waals surface area contributed by atoms with Crippen LogP contribution in [0.15, 0.2) is 4.52 Å². The minimum absolute atomic E-state index is 0.726. The zero-order valence-corrected chi connectivity index (χ0v) is 10.7. The highest BCUT2D eigenvalue weighted by Crippen LogP contribution is 2.21. The van der Waals surface area contributed by atoms with Gasteiger partial charge in [0.25, 0.3) is 0 Å². The summed E-state index contributed by atoms with van der Waals surface area (Å²) >= 11 is 0. The van der Waals surface area contributed by atoms with E-state index < -0.39 is 0 Å². The second kappa shape index (κ2) is 6.74. The van der Waals surface area contributed by atoms with Gasteiger partial charge in [0.2, 0.25) is 5.89 Å². The third-order valence-electron chi connectivity index (χ3n) is 3.49. The second-order valence-corrected chi connectivity index (χ2v) is 5.05. The highest BCUT2D eigenvalue weighted by Gasteiger charge is 2.11. The number of rotatable bonds is 5. The number of nitrogens with one attached hydrogen (secondary N) is 1. The zero-order chi connectivity index (χ0) is 11.9. The van der Waals surface area contributed by atoms with Crippen LogP contribution in [-0.2, 0) is 6.42 Å². The summed E-state index contributed by atoms with van der Waals surface area (Å²) in [4.78, 5) is 4.19. The summed E-state index contributed by atoms with van der Waals surface area (Å²) in [7, 11) is 0. The minimum atomic E-state index is 0.726. The maximum Gasteiger partial charge on any atom is 0.227 e. The quantitative estimate of drug-likeness (QED) is 0.631. The van der Waals surface area contributed by atoms with Gasteiger partial charge in [-0.15, -0.1) is 0 Å². The Balaban J connectivity index is 1.59.